The predicted molar refractivity (Wildman–Crippen MR) is 46.8 cm³/mol. The zero-order valence-electron chi connectivity index (χ0n) is 7.15. The van der Waals surface area contributed by atoms with Crippen molar-refractivity contribution in [3.8, 4) is 0 Å². The second-order valence-corrected chi connectivity index (χ2v) is 2.78. The van der Waals surface area contributed by atoms with Crippen LogP contribution in [0.5, 0.6) is 0 Å². The van der Waals surface area contributed by atoms with E-state index in [1.165, 1.54) is 5.70 Å². The Balaban J connectivity index is 3.82. The van der Waals surface area contributed by atoms with Crippen LogP contribution in [0.2, 0.25) is 0 Å². The molecular formula is C9H17N. The summed E-state index contributed by atoms with van der Waals surface area (Å²) in [5.41, 5.74) is 1.25. The molecule has 0 fully saturated rings. The minimum atomic E-state index is 0.707. The lowest BCUT2D eigenvalue weighted by Crippen LogP contribution is -2.07. The third-order valence-corrected chi connectivity index (χ3v) is 1.27. The number of rotatable bonds is 4. The molecule has 0 saturated carbocycles. The highest BCUT2D eigenvalue weighted by Gasteiger charge is 1.95. The molecule has 1 heteroatoms. The Morgan fingerprint density at radius 3 is 2.50 bits per heavy atom. The Hall–Kier alpha value is -0.720. The van der Waals surface area contributed by atoms with Gasteiger partial charge in [-0.3, -0.25) is 0 Å². The molecule has 0 aromatic rings. The van der Waals surface area contributed by atoms with Crippen LogP contribution in [0.15, 0.2) is 24.4 Å². The molecule has 0 aliphatic heterocycles. The van der Waals surface area contributed by atoms with Gasteiger partial charge >= 0.3 is 0 Å². The SMILES string of the molecule is C=C/C=C(/CC(C)C)NC. The molecule has 0 amide bonds. The van der Waals surface area contributed by atoms with Gasteiger partial charge in [0.05, 0.1) is 0 Å². The zero-order chi connectivity index (χ0) is 7.98. The summed E-state index contributed by atoms with van der Waals surface area (Å²) in [5.74, 6) is 0.707. The molecule has 0 saturated heterocycles. The van der Waals surface area contributed by atoms with E-state index in [-0.39, 0.29) is 0 Å². The fourth-order valence-corrected chi connectivity index (χ4v) is 0.836. The Bertz CT molecular complexity index is 123. The van der Waals surface area contributed by atoms with Gasteiger partial charge in [-0.25, -0.2) is 0 Å². The highest BCUT2D eigenvalue weighted by molar-refractivity contribution is 5.08. The van der Waals surface area contributed by atoms with Crippen LogP contribution in [0, 0.1) is 5.92 Å². The van der Waals surface area contributed by atoms with Crippen molar-refractivity contribution in [2.24, 2.45) is 5.92 Å². The molecule has 10 heavy (non-hydrogen) atoms. The van der Waals surface area contributed by atoms with Gasteiger partial charge < -0.3 is 5.32 Å². The standard InChI is InChI=1S/C9H17N/c1-5-6-9(10-4)7-8(2)3/h5-6,8,10H,1,7H2,2-4H3/b9-6-. The molecule has 0 radical (unpaired) electrons. The van der Waals surface area contributed by atoms with Crippen molar-refractivity contribution in [2.45, 2.75) is 20.3 Å². The fraction of sp³-hybridized carbons (Fsp3) is 0.556. The van der Waals surface area contributed by atoms with E-state index < -0.39 is 0 Å². The van der Waals surface area contributed by atoms with E-state index in [4.69, 9.17) is 0 Å². The third kappa shape index (κ3) is 4.19. The summed E-state index contributed by atoms with van der Waals surface area (Å²) in [5, 5.41) is 3.12. The molecule has 0 rings (SSSR count). The van der Waals surface area contributed by atoms with E-state index >= 15 is 0 Å². The van der Waals surface area contributed by atoms with Crippen LogP contribution in [0.1, 0.15) is 20.3 Å². The zero-order valence-corrected chi connectivity index (χ0v) is 7.15. The molecule has 0 aromatic heterocycles. The maximum atomic E-state index is 3.64. The summed E-state index contributed by atoms with van der Waals surface area (Å²) in [6.45, 7) is 8.04. The predicted octanol–water partition coefficient (Wildman–Crippen LogP) is 2.32. The van der Waals surface area contributed by atoms with Gasteiger partial charge in [0.1, 0.15) is 0 Å². The topological polar surface area (TPSA) is 12.0 Å². The highest BCUT2D eigenvalue weighted by Crippen LogP contribution is 2.06. The van der Waals surface area contributed by atoms with Gasteiger partial charge in [-0.1, -0.05) is 26.5 Å². The first-order valence-electron chi connectivity index (χ1n) is 3.70. The second kappa shape index (κ2) is 5.10. The highest BCUT2D eigenvalue weighted by atomic mass is 14.8. The summed E-state index contributed by atoms with van der Waals surface area (Å²) < 4.78 is 0. The van der Waals surface area contributed by atoms with Crippen molar-refractivity contribution in [3.63, 3.8) is 0 Å². The van der Waals surface area contributed by atoms with E-state index in [9.17, 15) is 0 Å². The number of nitrogens with one attached hydrogen (secondary N) is 1. The van der Waals surface area contributed by atoms with E-state index in [1.54, 1.807) is 0 Å². The molecule has 0 aromatic carbocycles. The average Bonchev–Trinajstić information content (AvgIpc) is 1.86. The van der Waals surface area contributed by atoms with E-state index in [1.807, 2.05) is 19.2 Å². The van der Waals surface area contributed by atoms with Crippen molar-refractivity contribution in [2.75, 3.05) is 7.05 Å². The number of allylic oxidation sites excluding steroid dienone is 3. The second-order valence-electron chi connectivity index (χ2n) is 2.78. The van der Waals surface area contributed by atoms with Crippen molar-refractivity contribution < 1.29 is 0 Å². The summed E-state index contributed by atoms with van der Waals surface area (Å²) in [4.78, 5) is 0. The van der Waals surface area contributed by atoms with Crippen molar-refractivity contribution in [1.29, 1.82) is 0 Å². The van der Waals surface area contributed by atoms with E-state index in [0.29, 0.717) is 5.92 Å². The molecular weight excluding hydrogens is 122 g/mol. The summed E-state index contributed by atoms with van der Waals surface area (Å²) in [7, 11) is 1.94. The number of hydrogen-bond acceptors (Lipinski definition) is 1. The van der Waals surface area contributed by atoms with Gasteiger partial charge in [0.15, 0.2) is 0 Å². The molecule has 0 atom stereocenters. The van der Waals surface area contributed by atoms with Crippen molar-refractivity contribution in [3.05, 3.63) is 24.4 Å². The van der Waals surface area contributed by atoms with Crippen LogP contribution in [-0.4, -0.2) is 7.05 Å². The monoisotopic (exact) mass is 139 g/mol. The first kappa shape index (κ1) is 9.28. The van der Waals surface area contributed by atoms with Crippen molar-refractivity contribution in [1.82, 2.24) is 5.32 Å². The normalized spacial score (nSPS) is 11.8. The van der Waals surface area contributed by atoms with Crippen molar-refractivity contribution >= 4 is 0 Å². The minimum absolute atomic E-state index is 0.707. The third-order valence-electron chi connectivity index (χ3n) is 1.27. The average molecular weight is 139 g/mol. The van der Waals surface area contributed by atoms with Crippen LogP contribution in [0.25, 0.3) is 0 Å². The number of hydrogen-bond donors (Lipinski definition) is 1. The molecule has 1 nitrogen and oxygen atoms in total. The summed E-state index contributed by atoms with van der Waals surface area (Å²) in [6.07, 6.45) is 4.93. The summed E-state index contributed by atoms with van der Waals surface area (Å²) in [6, 6.07) is 0. The Kier molecular flexibility index (Phi) is 4.73. The molecule has 0 unspecified atom stereocenters. The van der Waals surface area contributed by atoms with Crippen LogP contribution in [0.3, 0.4) is 0 Å². The first-order valence-corrected chi connectivity index (χ1v) is 3.70. The molecule has 0 heterocycles. The molecule has 0 spiro atoms. The smallest absolute Gasteiger partial charge is 0.0106 e. The van der Waals surface area contributed by atoms with E-state index in [2.05, 4.69) is 25.7 Å². The first-order chi connectivity index (χ1) is 4.70. The minimum Gasteiger partial charge on any atom is -0.391 e. The quantitative estimate of drug-likeness (QED) is 0.589. The molecule has 0 aliphatic rings. The maximum Gasteiger partial charge on any atom is 0.0106 e. The molecule has 0 aliphatic carbocycles. The largest absolute Gasteiger partial charge is 0.391 e. The van der Waals surface area contributed by atoms with Crippen LogP contribution in [-0.2, 0) is 0 Å². The lowest BCUT2D eigenvalue weighted by atomic mass is 10.1. The van der Waals surface area contributed by atoms with Crippen LogP contribution >= 0.6 is 0 Å². The van der Waals surface area contributed by atoms with Gasteiger partial charge in [-0.2, -0.15) is 0 Å². The maximum absolute atomic E-state index is 3.64. The molecule has 0 bridgehead atoms. The molecule has 58 valence electrons. The Morgan fingerprint density at radius 1 is 1.60 bits per heavy atom. The Labute approximate surface area is 63.8 Å². The van der Waals surface area contributed by atoms with Crippen LogP contribution < -0.4 is 5.32 Å². The van der Waals surface area contributed by atoms with E-state index in [0.717, 1.165) is 6.42 Å². The van der Waals surface area contributed by atoms with Gasteiger partial charge in [0.2, 0.25) is 0 Å². The van der Waals surface area contributed by atoms with Gasteiger partial charge in [-0.15, -0.1) is 0 Å². The van der Waals surface area contributed by atoms with Gasteiger partial charge in [0.25, 0.3) is 0 Å². The lowest BCUT2D eigenvalue weighted by molar-refractivity contribution is 0.618. The van der Waals surface area contributed by atoms with Gasteiger partial charge in [0, 0.05) is 12.7 Å². The summed E-state index contributed by atoms with van der Waals surface area (Å²) >= 11 is 0. The van der Waals surface area contributed by atoms with Gasteiger partial charge in [-0.05, 0) is 18.4 Å². The fourth-order valence-electron chi connectivity index (χ4n) is 0.836. The van der Waals surface area contributed by atoms with Crippen LogP contribution in [0.4, 0.5) is 0 Å². The molecule has 1 N–H and O–H groups in total. The Morgan fingerprint density at radius 2 is 2.20 bits per heavy atom. The lowest BCUT2D eigenvalue weighted by Gasteiger charge is -2.07.